The fraction of sp³-hybridized carbons (Fsp3) is 0.524. The maximum Gasteiger partial charge on any atom is 0.407 e. The van der Waals surface area contributed by atoms with E-state index in [0.29, 0.717) is 30.0 Å². The molecule has 0 saturated carbocycles. The maximum absolute atomic E-state index is 11.8. The lowest BCUT2D eigenvalue weighted by Crippen LogP contribution is -2.34. The van der Waals surface area contributed by atoms with Gasteiger partial charge in [-0.3, -0.25) is 4.79 Å². The lowest BCUT2D eigenvalue weighted by atomic mass is 9.94. The van der Waals surface area contributed by atoms with Gasteiger partial charge in [0.25, 0.3) is 0 Å². The highest BCUT2D eigenvalue weighted by Crippen LogP contribution is 2.37. The van der Waals surface area contributed by atoms with E-state index in [4.69, 9.17) is 14.2 Å². The van der Waals surface area contributed by atoms with Crippen LogP contribution >= 0.6 is 22.6 Å². The number of amides is 1. The molecule has 154 valence electrons. The molecule has 0 saturated heterocycles. The molecule has 1 unspecified atom stereocenters. The molecule has 1 atom stereocenters. The highest BCUT2D eigenvalue weighted by atomic mass is 127. The predicted octanol–water partition coefficient (Wildman–Crippen LogP) is 4.88. The van der Waals surface area contributed by atoms with Crippen molar-refractivity contribution in [1.82, 2.24) is 5.32 Å². The fourth-order valence-corrected chi connectivity index (χ4v) is 3.69. The van der Waals surface area contributed by atoms with Crippen molar-refractivity contribution in [3.05, 3.63) is 32.9 Å². The number of nitrogens with one attached hydrogen (secondary N) is 1. The van der Waals surface area contributed by atoms with Gasteiger partial charge in [-0.1, -0.05) is 6.08 Å². The van der Waals surface area contributed by atoms with Gasteiger partial charge in [0.2, 0.25) is 0 Å². The lowest BCUT2D eigenvalue weighted by Gasteiger charge is -2.27. The Labute approximate surface area is 180 Å². The number of allylic oxidation sites excluding steroid dienone is 1. The van der Waals surface area contributed by atoms with Crippen LogP contribution in [0.3, 0.4) is 0 Å². The molecule has 6 nitrogen and oxygen atoms in total. The number of methoxy groups -OCH3 is 1. The Morgan fingerprint density at radius 1 is 1.36 bits per heavy atom. The number of carbonyl (C=O) groups excluding carboxylic acids is 2. The molecule has 1 aromatic rings. The number of rotatable bonds is 7. The molecular weight excluding hydrogens is 473 g/mol. The minimum absolute atomic E-state index is 0.112. The van der Waals surface area contributed by atoms with E-state index in [1.165, 1.54) is 0 Å². The Morgan fingerprint density at radius 3 is 2.75 bits per heavy atom. The van der Waals surface area contributed by atoms with E-state index in [-0.39, 0.29) is 6.10 Å². The van der Waals surface area contributed by atoms with Gasteiger partial charge >= 0.3 is 6.09 Å². The third-order valence-corrected chi connectivity index (χ3v) is 5.38. The summed E-state index contributed by atoms with van der Waals surface area (Å²) in [6.07, 6.45) is 6.03. The second kappa shape index (κ2) is 10.1. The van der Waals surface area contributed by atoms with Gasteiger partial charge in [0.05, 0.1) is 10.7 Å². The lowest BCUT2D eigenvalue weighted by molar-refractivity contribution is 0.0527. The zero-order valence-electron chi connectivity index (χ0n) is 16.8. The highest BCUT2D eigenvalue weighted by molar-refractivity contribution is 14.1. The van der Waals surface area contributed by atoms with Crippen LogP contribution in [0.2, 0.25) is 0 Å². The monoisotopic (exact) mass is 501 g/mol. The third-order valence-electron chi connectivity index (χ3n) is 4.27. The van der Waals surface area contributed by atoms with Gasteiger partial charge in [0.15, 0.2) is 17.8 Å². The van der Waals surface area contributed by atoms with Crippen molar-refractivity contribution in [1.29, 1.82) is 0 Å². The van der Waals surface area contributed by atoms with Gasteiger partial charge in [0.1, 0.15) is 11.7 Å². The van der Waals surface area contributed by atoms with Crippen molar-refractivity contribution in [2.45, 2.75) is 58.2 Å². The van der Waals surface area contributed by atoms with Gasteiger partial charge in [-0.15, -0.1) is 0 Å². The van der Waals surface area contributed by atoms with Crippen LogP contribution in [0.15, 0.2) is 23.8 Å². The zero-order valence-corrected chi connectivity index (χ0v) is 19.0. The summed E-state index contributed by atoms with van der Waals surface area (Å²) in [5.41, 5.74) is 1.19. The van der Waals surface area contributed by atoms with Crippen LogP contribution in [-0.2, 0) is 4.74 Å². The van der Waals surface area contributed by atoms with Crippen molar-refractivity contribution in [3.63, 3.8) is 0 Å². The van der Waals surface area contributed by atoms with Crippen LogP contribution in [0, 0.1) is 3.57 Å². The summed E-state index contributed by atoms with van der Waals surface area (Å²) >= 11 is 2.11. The topological polar surface area (TPSA) is 73.9 Å². The van der Waals surface area contributed by atoms with Crippen LogP contribution in [0.25, 0.3) is 0 Å². The van der Waals surface area contributed by atoms with Crippen LogP contribution in [0.4, 0.5) is 4.79 Å². The van der Waals surface area contributed by atoms with E-state index in [0.717, 1.165) is 34.7 Å². The predicted molar refractivity (Wildman–Crippen MR) is 116 cm³/mol. The molecule has 1 aliphatic carbocycles. The molecule has 0 spiro atoms. The Bertz CT molecular complexity index is 739. The molecule has 2 rings (SSSR count). The molecule has 1 aromatic carbocycles. The molecular formula is C21H28INO5. The molecule has 28 heavy (non-hydrogen) atoms. The van der Waals surface area contributed by atoms with Gasteiger partial charge in [0, 0.05) is 12.1 Å². The third kappa shape index (κ3) is 6.39. The first kappa shape index (κ1) is 22.5. The smallest absolute Gasteiger partial charge is 0.407 e. The highest BCUT2D eigenvalue weighted by Gasteiger charge is 2.24. The Morgan fingerprint density at radius 2 is 2.11 bits per heavy atom. The largest absolute Gasteiger partial charge is 0.493 e. The van der Waals surface area contributed by atoms with Crippen LogP contribution < -0.4 is 14.8 Å². The van der Waals surface area contributed by atoms with E-state index in [1.54, 1.807) is 19.2 Å². The number of halogens is 1. The molecule has 7 heteroatoms. The van der Waals surface area contributed by atoms with E-state index < -0.39 is 11.7 Å². The summed E-state index contributed by atoms with van der Waals surface area (Å²) in [6.45, 7) is 5.98. The van der Waals surface area contributed by atoms with Gasteiger partial charge in [-0.25, -0.2) is 4.79 Å². The van der Waals surface area contributed by atoms with Gasteiger partial charge in [-0.2, -0.15) is 0 Å². The number of aldehydes is 1. The maximum atomic E-state index is 11.8. The van der Waals surface area contributed by atoms with E-state index >= 15 is 0 Å². The average Bonchev–Trinajstić information content (AvgIpc) is 2.63. The SMILES string of the molecule is COc1ccc(C=O)c(I)c1OC1CCCC=C1CCNC(=O)OC(C)(C)C. The number of hydrogen-bond acceptors (Lipinski definition) is 5. The second-order valence-corrected chi connectivity index (χ2v) is 8.69. The van der Waals surface area contributed by atoms with E-state index in [9.17, 15) is 9.59 Å². The molecule has 0 radical (unpaired) electrons. The van der Waals surface area contributed by atoms with Crippen molar-refractivity contribution in [3.8, 4) is 11.5 Å². The van der Waals surface area contributed by atoms with Gasteiger partial charge in [-0.05, 0) is 86.8 Å². The summed E-state index contributed by atoms with van der Waals surface area (Å²) in [4.78, 5) is 23.1. The van der Waals surface area contributed by atoms with Crippen LogP contribution in [0.1, 0.15) is 56.8 Å². The molecule has 1 aliphatic rings. The standard InChI is InChI=1S/C21H28INO5/c1-21(2,3)28-20(25)23-12-11-14-7-5-6-8-16(14)27-19-17(26-4)10-9-15(13-24)18(19)22/h7,9-10,13,16H,5-6,8,11-12H2,1-4H3,(H,23,25). The Balaban J connectivity index is 2.05. The zero-order chi connectivity index (χ0) is 20.7. The summed E-state index contributed by atoms with van der Waals surface area (Å²) < 4.78 is 17.7. The average molecular weight is 501 g/mol. The van der Waals surface area contributed by atoms with Gasteiger partial charge < -0.3 is 19.5 Å². The molecule has 1 amide bonds. The van der Waals surface area contributed by atoms with E-state index in [1.807, 2.05) is 20.8 Å². The number of carbonyl (C=O) groups is 2. The van der Waals surface area contributed by atoms with Crippen LogP contribution in [0.5, 0.6) is 11.5 Å². The summed E-state index contributed by atoms with van der Waals surface area (Å²) in [6, 6.07) is 3.47. The second-order valence-electron chi connectivity index (χ2n) is 7.61. The van der Waals surface area contributed by atoms with Crippen molar-refractivity contribution in [2.75, 3.05) is 13.7 Å². The van der Waals surface area contributed by atoms with Crippen molar-refractivity contribution >= 4 is 35.0 Å². The quantitative estimate of drug-likeness (QED) is 0.328. The summed E-state index contributed by atoms with van der Waals surface area (Å²) in [5.74, 6) is 1.19. The number of alkyl carbamates (subject to hydrolysis) is 1. The molecule has 0 aromatic heterocycles. The number of hydrogen-bond donors (Lipinski definition) is 1. The van der Waals surface area contributed by atoms with Crippen LogP contribution in [-0.4, -0.2) is 37.7 Å². The summed E-state index contributed by atoms with van der Waals surface area (Å²) in [7, 11) is 1.58. The normalized spacial score (nSPS) is 16.8. The minimum atomic E-state index is -0.517. The first-order chi connectivity index (χ1) is 13.2. The van der Waals surface area contributed by atoms with E-state index in [2.05, 4.69) is 34.0 Å². The fourth-order valence-electron chi connectivity index (χ4n) is 2.99. The first-order valence-electron chi connectivity index (χ1n) is 9.39. The molecule has 1 N–H and O–H groups in total. The number of benzene rings is 1. The minimum Gasteiger partial charge on any atom is -0.493 e. The Kier molecular flexibility index (Phi) is 8.15. The Hall–Kier alpha value is -1.77. The molecule has 0 fully saturated rings. The first-order valence-corrected chi connectivity index (χ1v) is 10.5. The van der Waals surface area contributed by atoms with Crippen molar-refractivity contribution in [2.24, 2.45) is 0 Å². The molecule has 0 bridgehead atoms. The summed E-state index contributed by atoms with van der Waals surface area (Å²) in [5, 5.41) is 2.79. The molecule has 0 aliphatic heterocycles. The number of ether oxygens (including phenoxy) is 3. The van der Waals surface area contributed by atoms with Crippen molar-refractivity contribution < 1.29 is 23.8 Å². The molecule has 0 heterocycles.